The van der Waals surface area contributed by atoms with E-state index in [2.05, 4.69) is 23.9 Å². The summed E-state index contributed by atoms with van der Waals surface area (Å²) >= 11 is 0. The molecule has 0 aliphatic heterocycles. The lowest BCUT2D eigenvalue weighted by atomic mass is 10.2. The maximum atomic E-state index is 12.3. The van der Waals surface area contributed by atoms with Crippen LogP contribution in [0.1, 0.15) is 38.4 Å². The fraction of sp³-hybridized carbons (Fsp3) is 0.500. The Bertz CT molecular complexity index is 558. The van der Waals surface area contributed by atoms with E-state index in [0.29, 0.717) is 12.6 Å². The number of nitrogens with zero attached hydrogens (tertiary/aromatic N) is 5. The summed E-state index contributed by atoms with van der Waals surface area (Å²) in [5.41, 5.74) is 1.03. The summed E-state index contributed by atoms with van der Waals surface area (Å²) in [5.74, 6) is 0.0558. The predicted octanol–water partition coefficient (Wildman–Crippen LogP) is 1.88. The Labute approximate surface area is 119 Å². The highest BCUT2D eigenvalue weighted by molar-refractivity contribution is 5.79. The SMILES string of the molecule is CC(C)n1cc(CN(C)C(=O)[C@@H](C)n2ccnc2)cn1. The molecule has 108 valence electrons. The zero-order valence-electron chi connectivity index (χ0n) is 12.4. The molecule has 2 aromatic rings. The molecule has 0 saturated heterocycles. The Balaban J connectivity index is 2.00. The second-order valence-corrected chi connectivity index (χ2v) is 5.30. The van der Waals surface area contributed by atoms with Crippen molar-refractivity contribution in [2.45, 2.75) is 39.4 Å². The van der Waals surface area contributed by atoms with Gasteiger partial charge in [0.05, 0.1) is 12.5 Å². The molecule has 1 amide bonds. The molecule has 2 aromatic heterocycles. The standard InChI is InChI=1S/C14H21N5O/c1-11(2)19-9-13(7-16-19)8-17(4)14(20)12(3)18-6-5-15-10-18/h5-7,9-12H,8H2,1-4H3/t12-/m1/s1. The maximum absolute atomic E-state index is 12.3. The third-order valence-corrected chi connectivity index (χ3v) is 3.31. The third-order valence-electron chi connectivity index (χ3n) is 3.31. The number of hydrogen-bond donors (Lipinski definition) is 0. The monoisotopic (exact) mass is 275 g/mol. The van der Waals surface area contributed by atoms with Gasteiger partial charge in [-0.05, 0) is 20.8 Å². The van der Waals surface area contributed by atoms with Crippen LogP contribution < -0.4 is 0 Å². The van der Waals surface area contributed by atoms with Gasteiger partial charge < -0.3 is 9.47 Å². The van der Waals surface area contributed by atoms with Gasteiger partial charge in [0.2, 0.25) is 5.91 Å². The Hall–Kier alpha value is -2.11. The zero-order chi connectivity index (χ0) is 14.7. The molecule has 0 spiro atoms. The number of hydrogen-bond acceptors (Lipinski definition) is 3. The van der Waals surface area contributed by atoms with Gasteiger partial charge in [0, 0.05) is 43.8 Å². The van der Waals surface area contributed by atoms with Crippen LogP contribution in [0.25, 0.3) is 0 Å². The first kappa shape index (κ1) is 14.3. The number of rotatable bonds is 5. The molecule has 20 heavy (non-hydrogen) atoms. The highest BCUT2D eigenvalue weighted by Crippen LogP contribution is 2.12. The first-order chi connectivity index (χ1) is 9.49. The van der Waals surface area contributed by atoms with Crippen LogP contribution in [0, 0.1) is 0 Å². The lowest BCUT2D eigenvalue weighted by molar-refractivity contribution is -0.133. The van der Waals surface area contributed by atoms with Crippen LogP contribution in [-0.2, 0) is 11.3 Å². The molecular weight excluding hydrogens is 254 g/mol. The Morgan fingerprint density at radius 1 is 1.40 bits per heavy atom. The molecule has 2 heterocycles. The van der Waals surface area contributed by atoms with Crippen LogP contribution in [0.3, 0.4) is 0 Å². The van der Waals surface area contributed by atoms with E-state index in [1.807, 2.05) is 31.0 Å². The van der Waals surface area contributed by atoms with Crippen molar-refractivity contribution in [2.24, 2.45) is 0 Å². The topological polar surface area (TPSA) is 56.0 Å². The van der Waals surface area contributed by atoms with Crippen molar-refractivity contribution in [1.82, 2.24) is 24.2 Å². The number of aromatic nitrogens is 4. The Morgan fingerprint density at radius 2 is 2.15 bits per heavy atom. The van der Waals surface area contributed by atoms with Gasteiger partial charge in [0.25, 0.3) is 0 Å². The number of carbonyl (C=O) groups is 1. The lowest BCUT2D eigenvalue weighted by Gasteiger charge is -2.21. The minimum Gasteiger partial charge on any atom is -0.340 e. The largest absolute Gasteiger partial charge is 0.340 e. The van der Waals surface area contributed by atoms with E-state index in [-0.39, 0.29) is 11.9 Å². The van der Waals surface area contributed by atoms with Gasteiger partial charge >= 0.3 is 0 Å². The molecule has 2 rings (SSSR count). The summed E-state index contributed by atoms with van der Waals surface area (Å²) in [7, 11) is 1.81. The molecule has 0 fully saturated rings. The molecule has 6 heteroatoms. The predicted molar refractivity (Wildman–Crippen MR) is 76.0 cm³/mol. The molecule has 6 nitrogen and oxygen atoms in total. The second-order valence-electron chi connectivity index (χ2n) is 5.30. The molecule has 1 atom stereocenters. The van der Waals surface area contributed by atoms with Crippen molar-refractivity contribution in [2.75, 3.05) is 7.05 Å². The van der Waals surface area contributed by atoms with E-state index in [1.54, 1.807) is 28.2 Å². The van der Waals surface area contributed by atoms with Crippen molar-refractivity contribution < 1.29 is 4.79 Å². The average molecular weight is 275 g/mol. The summed E-state index contributed by atoms with van der Waals surface area (Å²) in [6.45, 7) is 6.59. The minimum absolute atomic E-state index is 0.0558. The van der Waals surface area contributed by atoms with E-state index in [4.69, 9.17) is 0 Å². The molecule has 0 saturated carbocycles. The minimum atomic E-state index is -0.248. The number of likely N-dealkylation sites (N-methyl/N-ethyl adjacent to an activating group) is 1. The van der Waals surface area contributed by atoms with Crippen molar-refractivity contribution in [3.63, 3.8) is 0 Å². The first-order valence-corrected chi connectivity index (χ1v) is 6.74. The average Bonchev–Trinajstić information content (AvgIpc) is 3.07. The summed E-state index contributed by atoms with van der Waals surface area (Å²) in [5, 5.41) is 4.29. The summed E-state index contributed by atoms with van der Waals surface area (Å²) < 4.78 is 3.70. The Kier molecular flexibility index (Phi) is 4.22. The Morgan fingerprint density at radius 3 is 2.70 bits per heavy atom. The van der Waals surface area contributed by atoms with Gasteiger partial charge in [-0.15, -0.1) is 0 Å². The van der Waals surface area contributed by atoms with Crippen LogP contribution >= 0.6 is 0 Å². The number of amides is 1. The molecule has 0 aromatic carbocycles. The highest BCUT2D eigenvalue weighted by atomic mass is 16.2. The van der Waals surface area contributed by atoms with Crippen molar-refractivity contribution in [3.05, 3.63) is 36.7 Å². The smallest absolute Gasteiger partial charge is 0.245 e. The normalized spacial score (nSPS) is 12.7. The fourth-order valence-electron chi connectivity index (χ4n) is 2.04. The van der Waals surface area contributed by atoms with E-state index >= 15 is 0 Å². The van der Waals surface area contributed by atoms with E-state index in [9.17, 15) is 4.79 Å². The fourth-order valence-corrected chi connectivity index (χ4v) is 2.04. The lowest BCUT2D eigenvalue weighted by Crippen LogP contribution is -2.32. The molecule has 0 bridgehead atoms. The molecule has 0 aliphatic carbocycles. The summed E-state index contributed by atoms with van der Waals surface area (Å²) in [6.07, 6.45) is 8.93. The van der Waals surface area contributed by atoms with Crippen LogP contribution in [0.4, 0.5) is 0 Å². The van der Waals surface area contributed by atoms with E-state index in [0.717, 1.165) is 5.56 Å². The number of carbonyl (C=O) groups excluding carboxylic acids is 1. The molecule has 0 N–H and O–H groups in total. The van der Waals surface area contributed by atoms with Crippen LogP contribution in [0.5, 0.6) is 0 Å². The summed E-state index contributed by atoms with van der Waals surface area (Å²) in [4.78, 5) is 18.0. The van der Waals surface area contributed by atoms with Gasteiger partial charge in [-0.2, -0.15) is 5.10 Å². The quantitative estimate of drug-likeness (QED) is 0.837. The van der Waals surface area contributed by atoms with Crippen molar-refractivity contribution >= 4 is 5.91 Å². The van der Waals surface area contributed by atoms with E-state index < -0.39 is 0 Å². The van der Waals surface area contributed by atoms with Crippen LogP contribution in [-0.4, -0.2) is 37.2 Å². The molecule has 0 aliphatic rings. The molecule has 0 unspecified atom stereocenters. The van der Waals surface area contributed by atoms with Crippen molar-refractivity contribution in [3.8, 4) is 0 Å². The van der Waals surface area contributed by atoms with E-state index in [1.165, 1.54) is 0 Å². The number of imidazole rings is 1. The van der Waals surface area contributed by atoms with Crippen molar-refractivity contribution in [1.29, 1.82) is 0 Å². The van der Waals surface area contributed by atoms with Gasteiger partial charge in [0.1, 0.15) is 6.04 Å². The zero-order valence-corrected chi connectivity index (χ0v) is 12.4. The van der Waals surface area contributed by atoms with Gasteiger partial charge in [-0.25, -0.2) is 4.98 Å². The van der Waals surface area contributed by atoms with Gasteiger partial charge in [0.15, 0.2) is 0 Å². The van der Waals surface area contributed by atoms with Gasteiger partial charge in [-0.1, -0.05) is 0 Å². The second kappa shape index (κ2) is 5.90. The first-order valence-electron chi connectivity index (χ1n) is 6.74. The van der Waals surface area contributed by atoms with Gasteiger partial charge in [-0.3, -0.25) is 9.48 Å². The highest BCUT2D eigenvalue weighted by Gasteiger charge is 2.19. The third kappa shape index (κ3) is 3.07. The molecule has 0 radical (unpaired) electrons. The summed E-state index contributed by atoms with van der Waals surface area (Å²) in [6, 6.07) is 0.0808. The molecular formula is C14H21N5O. The van der Waals surface area contributed by atoms with Crippen LogP contribution in [0.15, 0.2) is 31.1 Å². The van der Waals surface area contributed by atoms with Crippen LogP contribution in [0.2, 0.25) is 0 Å². The maximum Gasteiger partial charge on any atom is 0.245 e.